The molecule has 1 aromatic heterocycles. The Bertz CT molecular complexity index is 455. The third kappa shape index (κ3) is 1.71. The Kier molecular flexibility index (Phi) is 2.96. The molecule has 0 saturated carbocycles. The van der Waals surface area contributed by atoms with Gasteiger partial charge in [-0.3, -0.25) is 4.98 Å². The van der Waals surface area contributed by atoms with Crippen LogP contribution in [0.25, 0.3) is 0 Å². The summed E-state index contributed by atoms with van der Waals surface area (Å²) in [5.74, 6) is 0.553. The van der Waals surface area contributed by atoms with E-state index in [1.54, 1.807) is 0 Å². The highest BCUT2D eigenvalue weighted by atomic mass is 14.7. The fourth-order valence-corrected chi connectivity index (χ4v) is 2.84. The molecule has 1 aliphatic rings. The monoisotopic (exact) mass is 214 g/mol. The molecule has 1 unspecified atom stereocenters. The first-order chi connectivity index (χ1) is 7.65. The smallest absolute Gasteiger partial charge is 0.101 e. The SMILES string of the molecule is Cc1nc2c(c(C)c1C#N)C(C)CCCC2. The van der Waals surface area contributed by atoms with Gasteiger partial charge in [0, 0.05) is 5.69 Å². The predicted octanol–water partition coefficient (Wildman–Crippen LogP) is 3.40. The van der Waals surface area contributed by atoms with Gasteiger partial charge < -0.3 is 0 Å². The van der Waals surface area contributed by atoms with Crippen LogP contribution in [0.5, 0.6) is 0 Å². The van der Waals surface area contributed by atoms with Gasteiger partial charge in [0.25, 0.3) is 0 Å². The van der Waals surface area contributed by atoms with Crippen LogP contribution >= 0.6 is 0 Å². The van der Waals surface area contributed by atoms with Gasteiger partial charge in [0.2, 0.25) is 0 Å². The normalized spacial score (nSPS) is 19.8. The Labute approximate surface area is 97.3 Å². The van der Waals surface area contributed by atoms with Gasteiger partial charge in [-0.15, -0.1) is 0 Å². The van der Waals surface area contributed by atoms with Gasteiger partial charge in [0.1, 0.15) is 6.07 Å². The molecule has 1 aromatic rings. The van der Waals surface area contributed by atoms with Crippen molar-refractivity contribution in [3.05, 3.63) is 28.1 Å². The molecule has 1 atom stereocenters. The summed E-state index contributed by atoms with van der Waals surface area (Å²) >= 11 is 0. The highest BCUT2D eigenvalue weighted by Crippen LogP contribution is 2.33. The lowest BCUT2D eigenvalue weighted by Gasteiger charge is -2.17. The largest absolute Gasteiger partial charge is 0.256 e. The zero-order chi connectivity index (χ0) is 11.7. The van der Waals surface area contributed by atoms with Gasteiger partial charge in [0.15, 0.2) is 0 Å². The summed E-state index contributed by atoms with van der Waals surface area (Å²) in [6.45, 7) is 6.28. The van der Waals surface area contributed by atoms with Crippen LogP contribution in [0.3, 0.4) is 0 Å². The van der Waals surface area contributed by atoms with Crippen LogP contribution in [-0.4, -0.2) is 4.98 Å². The van der Waals surface area contributed by atoms with E-state index in [9.17, 15) is 0 Å². The van der Waals surface area contributed by atoms with Gasteiger partial charge in [-0.2, -0.15) is 5.26 Å². The Balaban J connectivity index is 2.66. The summed E-state index contributed by atoms with van der Waals surface area (Å²) in [5, 5.41) is 9.17. The van der Waals surface area contributed by atoms with E-state index in [4.69, 9.17) is 5.26 Å². The Morgan fingerprint density at radius 1 is 1.31 bits per heavy atom. The van der Waals surface area contributed by atoms with E-state index in [0.29, 0.717) is 5.92 Å². The summed E-state index contributed by atoms with van der Waals surface area (Å²) in [6.07, 6.45) is 4.81. The zero-order valence-corrected chi connectivity index (χ0v) is 10.3. The summed E-state index contributed by atoms with van der Waals surface area (Å²) in [4.78, 5) is 4.63. The molecule has 16 heavy (non-hydrogen) atoms. The first-order valence-corrected chi connectivity index (χ1v) is 6.05. The van der Waals surface area contributed by atoms with Crippen molar-refractivity contribution in [1.29, 1.82) is 5.26 Å². The van der Waals surface area contributed by atoms with Crippen LogP contribution in [-0.2, 0) is 6.42 Å². The number of pyridine rings is 1. The van der Waals surface area contributed by atoms with Crippen molar-refractivity contribution in [1.82, 2.24) is 4.98 Å². The lowest BCUT2D eigenvalue weighted by Crippen LogP contribution is -2.07. The number of nitriles is 1. The van der Waals surface area contributed by atoms with E-state index < -0.39 is 0 Å². The predicted molar refractivity (Wildman–Crippen MR) is 64.4 cm³/mol. The number of hydrogen-bond donors (Lipinski definition) is 0. The maximum atomic E-state index is 9.17. The summed E-state index contributed by atoms with van der Waals surface area (Å²) in [7, 11) is 0. The van der Waals surface area contributed by atoms with Gasteiger partial charge in [0.05, 0.1) is 11.3 Å². The van der Waals surface area contributed by atoms with Crippen molar-refractivity contribution in [3.8, 4) is 6.07 Å². The van der Waals surface area contributed by atoms with Gasteiger partial charge in [-0.1, -0.05) is 13.3 Å². The molecule has 0 amide bonds. The van der Waals surface area contributed by atoms with E-state index in [1.807, 2.05) is 6.92 Å². The molecule has 1 heterocycles. The van der Waals surface area contributed by atoms with Crippen LogP contribution in [0, 0.1) is 25.2 Å². The van der Waals surface area contributed by atoms with Crippen LogP contribution in [0.4, 0.5) is 0 Å². The van der Waals surface area contributed by atoms with Crippen molar-refractivity contribution in [2.24, 2.45) is 0 Å². The van der Waals surface area contributed by atoms with Crippen molar-refractivity contribution >= 4 is 0 Å². The topological polar surface area (TPSA) is 36.7 Å². The number of nitrogens with zero attached hydrogens (tertiary/aromatic N) is 2. The number of hydrogen-bond acceptors (Lipinski definition) is 2. The molecule has 84 valence electrons. The minimum atomic E-state index is 0.553. The van der Waals surface area contributed by atoms with Crippen LogP contribution in [0.2, 0.25) is 0 Å². The van der Waals surface area contributed by atoms with Gasteiger partial charge >= 0.3 is 0 Å². The minimum absolute atomic E-state index is 0.553. The fraction of sp³-hybridized carbons (Fsp3) is 0.571. The van der Waals surface area contributed by atoms with Gasteiger partial charge in [-0.05, 0) is 50.2 Å². The second kappa shape index (κ2) is 4.25. The Morgan fingerprint density at radius 2 is 2.06 bits per heavy atom. The standard InChI is InChI=1S/C14H18N2/c1-9-6-4-5-7-13-14(9)10(2)12(8-15)11(3)16-13/h9H,4-7H2,1-3H3. The zero-order valence-electron chi connectivity index (χ0n) is 10.3. The molecule has 0 saturated heterocycles. The molecular weight excluding hydrogens is 196 g/mol. The molecule has 0 fully saturated rings. The summed E-state index contributed by atoms with van der Waals surface area (Å²) in [6, 6.07) is 2.29. The first-order valence-electron chi connectivity index (χ1n) is 6.05. The molecule has 1 aliphatic carbocycles. The first kappa shape index (κ1) is 11.1. The molecule has 0 spiro atoms. The fourth-order valence-electron chi connectivity index (χ4n) is 2.84. The maximum Gasteiger partial charge on any atom is 0.101 e. The molecule has 0 aromatic carbocycles. The lowest BCUT2D eigenvalue weighted by molar-refractivity contribution is 0.633. The number of aryl methyl sites for hydroxylation is 2. The summed E-state index contributed by atoms with van der Waals surface area (Å²) in [5.41, 5.74) is 5.43. The molecule has 2 heteroatoms. The molecular formula is C14H18N2. The van der Waals surface area contributed by atoms with Crippen LogP contribution in [0.1, 0.15) is 60.2 Å². The molecule has 0 N–H and O–H groups in total. The van der Waals surface area contributed by atoms with E-state index >= 15 is 0 Å². The van der Waals surface area contributed by atoms with Crippen LogP contribution < -0.4 is 0 Å². The molecule has 0 radical (unpaired) electrons. The molecule has 0 aliphatic heterocycles. The van der Waals surface area contributed by atoms with E-state index in [0.717, 1.165) is 17.7 Å². The quantitative estimate of drug-likeness (QED) is 0.621. The lowest BCUT2D eigenvalue weighted by atomic mass is 9.90. The second-order valence-corrected chi connectivity index (χ2v) is 4.82. The van der Waals surface area contributed by atoms with E-state index in [1.165, 1.54) is 36.1 Å². The van der Waals surface area contributed by atoms with Gasteiger partial charge in [-0.25, -0.2) is 0 Å². The average molecular weight is 214 g/mol. The van der Waals surface area contributed by atoms with E-state index in [-0.39, 0.29) is 0 Å². The average Bonchev–Trinajstić information content (AvgIpc) is 2.41. The number of fused-ring (bicyclic) bond motifs is 1. The highest BCUT2D eigenvalue weighted by Gasteiger charge is 2.21. The van der Waals surface area contributed by atoms with Crippen molar-refractivity contribution in [2.45, 2.75) is 52.4 Å². The number of rotatable bonds is 0. The highest BCUT2D eigenvalue weighted by molar-refractivity contribution is 5.48. The summed E-state index contributed by atoms with van der Waals surface area (Å²) < 4.78 is 0. The maximum absolute atomic E-state index is 9.17. The van der Waals surface area contributed by atoms with Crippen molar-refractivity contribution in [2.75, 3.05) is 0 Å². The third-order valence-electron chi connectivity index (χ3n) is 3.66. The second-order valence-electron chi connectivity index (χ2n) is 4.82. The molecule has 2 nitrogen and oxygen atoms in total. The number of aromatic nitrogens is 1. The van der Waals surface area contributed by atoms with Crippen LogP contribution in [0.15, 0.2) is 0 Å². The Hall–Kier alpha value is -1.36. The Morgan fingerprint density at radius 3 is 2.75 bits per heavy atom. The van der Waals surface area contributed by atoms with Crippen molar-refractivity contribution in [3.63, 3.8) is 0 Å². The third-order valence-corrected chi connectivity index (χ3v) is 3.66. The molecule has 2 rings (SSSR count). The van der Waals surface area contributed by atoms with Crippen molar-refractivity contribution < 1.29 is 0 Å². The minimum Gasteiger partial charge on any atom is -0.256 e. The molecule has 0 bridgehead atoms. The van der Waals surface area contributed by atoms with E-state index in [2.05, 4.69) is 24.9 Å².